The van der Waals surface area contributed by atoms with Crippen LogP contribution in [0.25, 0.3) is 0 Å². The van der Waals surface area contributed by atoms with E-state index in [-0.39, 0.29) is 11.6 Å². The third-order valence-corrected chi connectivity index (χ3v) is 6.60. The highest BCUT2D eigenvalue weighted by molar-refractivity contribution is 7.99. The van der Waals surface area contributed by atoms with Crippen molar-refractivity contribution in [3.05, 3.63) is 60.2 Å². The van der Waals surface area contributed by atoms with E-state index >= 15 is 0 Å². The van der Waals surface area contributed by atoms with Crippen molar-refractivity contribution in [2.45, 2.75) is 43.0 Å². The van der Waals surface area contributed by atoms with Crippen LogP contribution in [0.5, 0.6) is 0 Å². The summed E-state index contributed by atoms with van der Waals surface area (Å²) in [5.74, 6) is -0.195. The maximum absolute atomic E-state index is 13.4. The molecule has 0 atom stereocenters. The molecule has 1 aliphatic rings. The van der Waals surface area contributed by atoms with Gasteiger partial charge in [0.25, 0.3) is 0 Å². The Morgan fingerprint density at radius 2 is 1.41 bits per heavy atom. The fourth-order valence-electron chi connectivity index (χ4n) is 3.79. The summed E-state index contributed by atoms with van der Waals surface area (Å²) in [5.41, 5.74) is -1.25. The van der Waals surface area contributed by atoms with E-state index in [0.717, 1.165) is 9.79 Å². The van der Waals surface area contributed by atoms with Gasteiger partial charge in [0.05, 0.1) is 24.2 Å². The van der Waals surface area contributed by atoms with Crippen molar-refractivity contribution in [3.8, 4) is 0 Å². The molecule has 0 saturated carbocycles. The Hall–Kier alpha value is -1.95. The lowest BCUT2D eigenvalue weighted by Crippen LogP contribution is -2.59. The molecule has 0 aliphatic carbocycles. The number of rotatable bonds is 7. The van der Waals surface area contributed by atoms with Gasteiger partial charge in [-0.3, -0.25) is 14.5 Å². The molecule has 154 valence electrons. The second-order valence-electron chi connectivity index (χ2n) is 8.38. The number of hydrogen-bond acceptors (Lipinski definition) is 5. The van der Waals surface area contributed by atoms with E-state index in [0.29, 0.717) is 31.9 Å². The topological polar surface area (TPSA) is 46.6 Å². The van der Waals surface area contributed by atoms with Crippen LogP contribution in [0, 0.1) is 5.41 Å². The second kappa shape index (κ2) is 8.82. The number of nitrogens with zero attached hydrogens (tertiary/aromatic N) is 1. The van der Waals surface area contributed by atoms with Gasteiger partial charge >= 0.3 is 0 Å². The molecule has 2 aromatic carbocycles. The molecule has 0 bridgehead atoms. The molecule has 0 N–H and O–H groups in total. The Morgan fingerprint density at radius 1 is 0.862 bits per heavy atom. The molecule has 2 aromatic rings. The van der Waals surface area contributed by atoms with Crippen LogP contribution < -0.4 is 0 Å². The van der Waals surface area contributed by atoms with Crippen molar-refractivity contribution in [2.24, 2.45) is 5.41 Å². The number of carbonyl (C=O) groups is 2. The number of benzene rings is 2. The lowest BCUT2D eigenvalue weighted by atomic mass is 9.73. The first-order chi connectivity index (χ1) is 13.7. The largest absolute Gasteiger partial charge is 0.379 e. The fraction of sp³-hybridized carbons (Fsp3) is 0.417. The summed E-state index contributed by atoms with van der Waals surface area (Å²) in [6.45, 7) is 9.95. The highest BCUT2D eigenvalue weighted by Crippen LogP contribution is 2.33. The van der Waals surface area contributed by atoms with Gasteiger partial charge in [0.2, 0.25) is 0 Å². The zero-order valence-corrected chi connectivity index (χ0v) is 18.4. The molecule has 1 heterocycles. The summed E-state index contributed by atoms with van der Waals surface area (Å²) in [7, 11) is 0. The van der Waals surface area contributed by atoms with Crippen LogP contribution in [0.4, 0.5) is 0 Å². The molecule has 1 fully saturated rings. The highest BCUT2D eigenvalue weighted by Gasteiger charge is 2.47. The SMILES string of the molecule is CC(C)(C(=O)c1ccc(Sc2ccccc2)cc1)C(=O)C(C)(C)N1CCOCC1. The van der Waals surface area contributed by atoms with Crippen LogP contribution in [0.3, 0.4) is 0 Å². The Labute approximate surface area is 177 Å². The second-order valence-corrected chi connectivity index (χ2v) is 9.53. The number of carbonyl (C=O) groups excluding carboxylic acids is 2. The van der Waals surface area contributed by atoms with E-state index in [2.05, 4.69) is 17.0 Å². The Bertz CT molecular complexity index is 853. The normalized spacial score (nSPS) is 15.9. The molecule has 1 aliphatic heterocycles. The van der Waals surface area contributed by atoms with Crippen LogP contribution in [-0.2, 0) is 9.53 Å². The van der Waals surface area contributed by atoms with Crippen LogP contribution in [0.15, 0.2) is 64.4 Å². The van der Waals surface area contributed by atoms with Gasteiger partial charge in [0.1, 0.15) is 0 Å². The Kier molecular flexibility index (Phi) is 6.62. The predicted octanol–water partition coefficient (Wildman–Crippen LogP) is 4.73. The molecule has 0 radical (unpaired) electrons. The van der Waals surface area contributed by atoms with Crippen LogP contribution in [0.1, 0.15) is 38.1 Å². The van der Waals surface area contributed by atoms with Crippen molar-refractivity contribution in [3.63, 3.8) is 0 Å². The summed E-state index contributed by atoms with van der Waals surface area (Å²) >= 11 is 1.65. The minimum Gasteiger partial charge on any atom is -0.379 e. The van der Waals surface area contributed by atoms with Crippen molar-refractivity contribution in [1.29, 1.82) is 0 Å². The molecule has 1 saturated heterocycles. The van der Waals surface area contributed by atoms with Gasteiger partial charge in [0.15, 0.2) is 11.6 Å². The van der Waals surface area contributed by atoms with Crippen LogP contribution in [0.2, 0.25) is 0 Å². The molecular weight excluding hydrogens is 382 g/mol. The van der Waals surface area contributed by atoms with Gasteiger partial charge in [-0.1, -0.05) is 42.1 Å². The molecule has 3 rings (SSSR count). The average molecular weight is 412 g/mol. The lowest BCUT2D eigenvalue weighted by molar-refractivity contribution is -0.138. The fourth-order valence-corrected chi connectivity index (χ4v) is 4.63. The summed E-state index contributed by atoms with van der Waals surface area (Å²) in [6, 6.07) is 17.6. The van der Waals surface area contributed by atoms with E-state index in [1.54, 1.807) is 25.6 Å². The average Bonchev–Trinajstić information content (AvgIpc) is 2.74. The van der Waals surface area contributed by atoms with Gasteiger partial charge in [-0.25, -0.2) is 0 Å². The molecule has 0 aromatic heterocycles. The standard InChI is InChI=1S/C24H29NO3S/c1-23(2,22(27)24(3,4)25-14-16-28-17-15-25)21(26)18-10-12-20(13-11-18)29-19-8-6-5-7-9-19/h5-13H,14-17H2,1-4H3. The zero-order chi connectivity index (χ0) is 21.1. The number of ether oxygens (including phenoxy) is 1. The van der Waals surface area contributed by atoms with Gasteiger partial charge < -0.3 is 4.74 Å². The van der Waals surface area contributed by atoms with E-state index < -0.39 is 11.0 Å². The minimum atomic E-state index is -1.10. The predicted molar refractivity (Wildman–Crippen MR) is 117 cm³/mol. The van der Waals surface area contributed by atoms with Gasteiger partial charge in [-0.2, -0.15) is 0 Å². The number of morpholine rings is 1. The van der Waals surface area contributed by atoms with Crippen molar-refractivity contribution < 1.29 is 14.3 Å². The van der Waals surface area contributed by atoms with E-state index in [1.165, 1.54) is 0 Å². The van der Waals surface area contributed by atoms with E-state index in [9.17, 15) is 9.59 Å². The first kappa shape index (κ1) is 21.8. The minimum absolute atomic E-state index is 0.0559. The van der Waals surface area contributed by atoms with Gasteiger partial charge in [0, 0.05) is 28.4 Å². The molecule has 5 heteroatoms. The van der Waals surface area contributed by atoms with Crippen molar-refractivity contribution in [2.75, 3.05) is 26.3 Å². The smallest absolute Gasteiger partial charge is 0.175 e. The Morgan fingerprint density at radius 3 is 2.00 bits per heavy atom. The number of ketones is 2. The molecule has 0 spiro atoms. The molecule has 0 unspecified atom stereocenters. The van der Waals surface area contributed by atoms with Gasteiger partial charge in [-0.15, -0.1) is 0 Å². The van der Waals surface area contributed by atoms with Crippen molar-refractivity contribution in [1.82, 2.24) is 4.90 Å². The van der Waals surface area contributed by atoms with E-state index in [1.807, 2.05) is 56.3 Å². The highest BCUT2D eigenvalue weighted by atomic mass is 32.2. The maximum atomic E-state index is 13.4. The zero-order valence-electron chi connectivity index (χ0n) is 17.6. The molecule has 29 heavy (non-hydrogen) atoms. The molecule has 4 nitrogen and oxygen atoms in total. The quantitative estimate of drug-likeness (QED) is 0.487. The monoisotopic (exact) mass is 411 g/mol. The lowest BCUT2D eigenvalue weighted by Gasteiger charge is -2.42. The number of Topliss-reactive ketones (excluding diaryl/α,β-unsaturated/α-hetero) is 2. The Balaban J connectivity index is 1.74. The third kappa shape index (κ3) is 4.80. The van der Waals surface area contributed by atoms with Crippen LogP contribution >= 0.6 is 11.8 Å². The first-order valence-electron chi connectivity index (χ1n) is 9.98. The van der Waals surface area contributed by atoms with Crippen LogP contribution in [-0.4, -0.2) is 48.3 Å². The summed E-state index contributed by atoms with van der Waals surface area (Å²) < 4.78 is 5.41. The van der Waals surface area contributed by atoms with Gasteiger partial charge in [-0.05, 0) is 52.0 Å². The number of hydrogen-bond donors (Lipinski definition) is 0. The maximum Gasteiger partial charge on any atom is 0.175 e. The first-order valence-corrected chi connectivity index (χ1v) is 10.8. The van der Waals surface area contributed by atoms with Crippen molar-refractivity contribution >= 4 is 23.3 Å². The molecular formula is C24H29NO3S. The summed E-state index contributed by atoms with van der Waals surface area (Å²) in [4.78, 5) is 31.0. The summed E-state index contributed by atoms with van der Waals surface area (Å²) in [5, 5.41) is 0. The summed E-state index contributed by atoms with van der Waals surface area (Å²) in [6.07, 6.45) is 0. The molecule has 0 amide bonds. The van der Waals surface area contributed by atoms with E-state index in [4.69, 9.17) is 4.74 Å². The third-order valence-electron chi connectivity index (χ3n) is 5.59.